The Balaban J connectivity index is 1.49. The summed E-state index contributed by atoms with van der Waals surface area (Å²) in [6, 6.07) is 13.8. The minimum atomic E-state index is -1.01. The number of benzene rings is 2. The number of H-pyrrole nitrogens is 1. The molecule has 0 aliphatic heterocycles. The number of carboxylic acids is 1. The molecular weight excluding hydrogens is 391 g/mol. The van der Waals surface area contributed by atoms with E-state index in [1.165, 1.54) is 17.4 Å². The Morgan fingerprint density at radius 3 is 2.69 bits per heavy atom. The smallest absolute Gasteiger partial charge is 0.352 e. The topological polar surface area (TPSA) is 82.2 Å². The second-order valence-corrected chi connectivity index (χ2v) is 7.67. The number of hydrogen-bond acceptors (Lipinski definition) is 3. The predicted octanol–water partition coefficient (Wildman–Crippen LogP) is 4.97. The van der Waals surface area contributed by atoms with Gasteiger partial charge in [-0.15, -0.1) is 11.3 Å². The van der Waals surface area contributed by atoms with Crippen LogP contribution in [0.3, 0.4) is 0 Å². The van der Waals surface area contributed by atoms with E-state index in [-0.39, 0.29) is 17.4 Å². The third-order valence-corrected chi connectivity index (χ3v) is 5.61. The van der Waals surface area contributed by atoms with Gasteiger partial charge in [0.15, 0.2) is 0 Å². The molecule has 0 radical (unpaired) electrons. The van der Waals surface area contributed by atoms with Crippen molar-refractivity contribution in [2.45, 2.75) is 13.5 Å². The van der Waals surface area contributed by atoms with Gasteiger partial charge in [-0.25, -0.2) is 9.18 Å². The molecule has 4 rings (SSSR count). The highest BCUT2D eigenvalue weighted by molar-refractivity contribution is 7.12. The highest BCUT2D eigenvalue weighted by atomic mass is 32.1. The summed E-state index contributed by atoms with van der Waals surface area (Å²) < 4.78 is 13.3. The number of aromatic carboxylic acids is 1. The van der Waals surface area contributed by atoms with Crippen LogP contribution in [0.1, 0.15) is 31.3 Å². The molecule has 5 nitrogen and oxygen atoms in total. The standard InChI is InChI=1S/C22H17FN2O3S/c1-12-6-13(2-4-17(12)23)10-24-21(26)20-9-16(11-29-20)14-3-5-18-15(7-14)8-19(25-18)22(27)28/h2-9,11,25H,10H2,1H3,(H,24,26)(H,27,28). The van der Waals surface area contributed by atoms with Gasteiger partial charge in [0.05, 0.1) is 4.88 Å². The van der Waals surface area contributed by atoms with Crippen LogP contribution in [0.5, 0.6) is 0 Å². The van der Waals surface area contributed by atoms with Gasteiger partial charge < -0.3 is 15.4 Å². The van der Waals surface area contributed by atoms with Crippen molar-refractivity contribution >= 4 is 34.1 Å². The van der Waals surface area contributed by atoms with Gasteiger partial charge in [0, 0.05) is 17.4 Å². The lowest BCUT2D eigenvalue weighted by molar-refractivity contribution is 0.0691. The molecule has 0 fully saturated rings. The van der Waals surface area contributed by atoms with Crippen LogP contribution >= 0.6 is 11.3 Å². The van der Waals surface area contributed by atoms with Crippen LogP contribution in [0.15, 0.2) is 53.9 Å². The maximum Gasteiger partial charge on any atom is 0.352 e. The van der Waals surface area contributed by atoms with E-state index in [2.05, 4.69) is 10.3 Å². The fourth-order valence-electron chi connectivity index (χ4n) is 3.12. The van der Waals surface area contributed by atoms with Crippen LogP contribution in [-0.2, 0) is 6.54 Å². The number of nitrogens with one attached hydrogen (secondary N) is 2. The monoisotopic (exact) mass is 408 g/mol. The van der Waals surface area contributed by atoms with Crippen molar-refractivity contribution in [1.29, 1.82) is 0 Å². The molecular formula is C22H17FN2O3S. The van der Waals surface area contributed by atoms with E-state index in [1.54, 1.807) is 25.1 Å². The minimum Gasteiger partial charge on any atom is -0.477 e. The van der Waals surface area contributed by atoms with E-state index >= 15 is 0 Å². The van der Waals surface area contributed by atoms with E-state index < -0.39 is 5.97 Å². The quantitative estimate of drug-likeness (QED) is 0.436. The third kappa shape index (κ3) is 3.90. The molecule has 146 valence electrons. The van der Waals surface area contributed by atoms with Gasteiger partial charge in [-0.3, -0.25) is 4.79 Å². The summed E-state index contributed by atoms with van der Waals surface area (Å²) in [6.45, 7) is 2.01. The average molecular weight is 408 g/mol. The highest BCUT2D eigenvalue weighted by Gasteiger charge is 2.12. The SMILES string of the molecule is Cc1cc(CNC(=O)c2cc(-c3ccc4[nH]c(C(=O)O)cc4c3)cs2)ccc1F. The maximum atomic E-state index is 13.3. The average Bonchev–Trinajstić information content (AvgIpc) is 3.35. The Morgan fingerprint density at radius 2 is 1.93 bits per heavy atom. The number of aromatic nitrogens is 1. The number of hydrogen-bond donors (Lipinski definition) is 3. The van der Waals surface area contributed by atoms with Gasteiger partial charge >= 0.3 is 5.97 Å². The van der Waals surface area contributed by atoms with E-state index in [1.807, 2.05) is 29.6 Å². The number of aryl methyl sites for hydroxylation is 1. The van der Waals surface area contributed by atoms with Crippen molar-refractivity contribution in [1.82, 2.24) is 10.3 Å². The molecule has 0 bridgehead atoms. The Morgan fingerprint density at radius 1 is 1.10 bits per heavy atom. The Bertz CT molecular complexity index is 1240. The predicted molar refractivity (Wildman–Crippen MR) is 111 cm³/mol. The number of halogens is 1. The van der Waals surface area contributed by atoms with Crippen LogP contribution in [0, 0.1) is 12.7 Å². The van der Waals surface area contributed by atoms with E-state index in [0.717, 1.165) is 27.6 Å². The number of amides is 1. The normalized spacial score (nSPS) is 11.0. The third-order valence-electron chi connectivity index (χ3n) is 4.68. The zero-order valence-electron chi connectivity index (χ0n) is 15.5. The highest BCUT2D eigenvalue weighted by Crippen LogP contribution is 2.29. The molecule has 4 aromatic rings. The number of carbonyl (C=O) groups is 2. The summed E-state index contributed by atoms with van der Waals surface area (Å²) in [7, 11) is 0. The summed E-state index contributed by atoms with van der Waals surface area (Å²) in [4.78, 5) is 27.0. The largest absolute Gasteiger partial charge is 0.477 e. The Kier molecular flexibility index (Phi) is 4.90. The Hall–Kier alpha value is -3.45. The number of thiophene rings is 1. The molecule has 0 atom stereocenters. The summed E-state index contributed by atoms with van der Waals surface area (Å²) in [5.74, 6) is -1.47. The van der Waals surface area contributed by atoms with Crippen LogP contribution in [-0.4, -0.2) is 22.0 Å². The van der Waals surface area contributed by atoms with Gasteiger partial charge in [0.25, 0.3) is 5.91 Å². The molecule has 0 saturated carbocycles. The first-order valence-electron chi connectivity index (χ1n) is 8.89. The first kappa shape index (κ1) is 18.9. The van der Waals surface area contributed by atoms with E-state index in [9.17, 15) is 14.0 Å². The van der Waals surface area contributed by atoms with Crippen molar-refractivity contribution in [3.05, 3.63) is 81.4 Å². The summed E-state index contributed by atoms with van der Waals surface area (Å²) in [6.07, 6.45) is 0. The first-order valence-corrected chi connectivity index (χ1v) is 9.77. The number of fused-ring (bicyclic) bond motifs is 1. The lowest BCUT2D eigenvalue weighted by atomic mass is 10.1. The van der Waals surface area contributed by atoms with Crippen LogP contribution in [0.2, 0.25) is 0 Å². The second kappa shape index (κ2) is 7.52. The van der Waals surface area contributed by atoms with E-state index in [4.69, 9.17) is 5.11 Å². The molecule has 0 unspecified atom stereocenters. The van der Waals surface area contributed by atoms with Gasteiger partial charge in [-0.2, -0.15) is 0 Å². The molecule has 7 heteroatoms. The van der Waals surface area contributed by atoms with Crippen molar-refractivity contribution < 1.29 is 19.1 Å². The van der Waals surface area contributed by atoms with Crippen molar-refractivity contribution in [2.75, 3.05) is 0 Å². The zero-order chi connectivity index (χ0) is 20.5. The zero-order valence-corrected chi connectivity index (χ0v) is 16.3. The molecule has 2 aromatic heterocycles. The number of rotatable bonds is 5. The summed E-state index contributed by atoms with van der Waals surface area (Å²) >= 11 is 1.33. The first-order chi connectivity index (χ1) is 13.9. The van der Waals surface area contributed by atoms with Gasteiger partial charge in [0.1, 0.15) is 11.5 Å². The van der Waals surface area contributed by atoms with Gasteiger partial charge in [-0.05, 0) is 64.9 Å². The van der Waals surface area contributed by atoms with Crippen molar-refractivity contribution in [3.63, 3.8) is 0 Å². The molecule has 2 aromatic carbocycles. The van der Waals surface area contributed by atoms with Crippen molar-refractivity contribution in [2.24, 2.45) is 0 Å². The summed E-state index contributed by atoms with van der Waals surface area (Å²) in [5.41, 5.74) is 4.05. The molecule has 3 N–H and O–H groups in total. The van der Waals surface area contributed by atoms with Gasteiger partial charge in [0.2, 0.25) is 0 Å². The molecule has 0 aliphatic rings. The fraction of sp³-hybridized carbons (Fsp3) is 0.0909. The lowest BCUT2D eigenvalue weighted by Gasteiger charge is -2.05. The number of aromatic amines is 1. The fourth-order valence-corrected chi connectivity index (χ4v) is 3.95. The number of carboxylic acid groups (broad SMARTS) is 1. The molecule has 0 saturated heterocycles. The molecule has 29 heavy (non-hydrogen) atoms. The molecule has 0 aliphatic carbocycles. The molecule has 1 amide bonds. The molecule has 2 heterocycles. The summed E-state index contributed by atoms with van der Waals surface area (Å²) in [5, 5.41) is 14.6. The minimum absolute atomic E-state index is 0.138. The molecule has 0 spiro atoms. The van der Waals surface area contributed by atoms with Crippen LogP contribution in [0.4, 0.5) is 4.39 Å². The van der Waals surface area contributed by atoms with E-state index in [0.29, 0.717) is 17.0 Å². The second-order valence-electron chi connectivity index (χ2n) is 6.76. The Labute approximate surface area is 169 Å². The van der Waals surface area contributed by atoms with Crippen molar-refractivity contribution in [3.8, 4) is 11.1 Å². The lowest BCUT2D eigenvalue weighted by Crippen LogP contribution is -2.21. The van der Waals surface area contributed by atoms with Gasteiger partial charge in [-0.1, -0.05) is 18.2 Å². The van der Waals surface area contributed by atoms with Crippen LogP contribution < -0.4 is 5.32 Å². The number of carbonyl (C=O) groups excluding carboxylic acids is 1. The van der Waals surface area contributed by atoms with Crippen LogP contribution in [0.25, 0.3) is 22.0 Å². The maximum absolute atomic E-state index is 13.3.